The molecule has 1 aromatic carbocycles. The van der Waals surface area contributed by atoms with Gasteiger partial charge >= 0.3 is 6.09 Å². The number of alkyl carbamates (subject to hydrolysis) is 1. The Balaban J connectivity index is 2.50. The number of carbonyl (C=O) groups is 2. The number of hydrogen-bond donors (Lipinski definition) is 2. The predicted molar refractivity (Wildman–Crippen MR) is 65.5 cm³/mol. The number of methoxy groups -OCH3 is 1. The Hall–Kier alpha value is -1.46. The summed E-state index contributed by atoms with van der Waals surface area (Å²) in [7, 11) is 1.21. The lowest BCUT2D eigenvalue weighted by atomic mass is 10.3. The highest BCUT2D eigenvalue weighted by molar-refractivity contribution is 6.42. The van der Waals surface area contributed by atoms with Gasteiger partial charge in [0, 0.05) is 5.69 Å². The minimum atomic E-state index is -0.672. The number of benzene rings is 1. The van der Waals surface area contributed by atoms with Gasteiger partial charge in [0.05, 0.1) is 17.2 Å². The fourth-order valence-corrected chi connectivity index (χ4v) is 1.30. The molecular formula is C10H10Cl2N2O3. The second kappa shape index (κ2) is 6.32. The lowest BCUT2D eigenvalue weighted by Gasteiger charge is -2.06. The van der Waals surface area contributed by atoms with Crippen LogP contribution in [0.1, 0.15) is 0 Å². The number of amides is 2. The zero-order valence-electron chi connectivity index (χ0n) is 8.92. The van der Waals surface area contributed by atoms with E-state index < -0.39 is 12.0 Å². The molecular weight excluding hydrogens is 267 g/mol. The molecule has 1 aromatic rings. The summed E-state index contributed by atoms with van der Waals surface area (Å²) in [6, 6.07) is 4.68. The number of nitrogens with one attached hydrogen (secondary N) is 2. The Morgan fingerprint density at radius 1 is 1.29 bits per heavy atom. The average Bonchev–Trinajstić information content (AvgIpc) is 2.31. The summed E-state index contributed by atoms with van der Waals surface area (Å²) < 4.78 is 4.32. The summed E-state index contributed by atoms with van der Waals surface area (Å²) in [6.45, 7) is -0.188. The third kappa shape index (κ3) is 4.50. The molecule has 1 rings (SSSR count). The minimum Gasteiger partial charge on any atom is -0.453 e. The van der Waals surface area contributed by atoms with Crippen molar-refractivity contribution in [2.75, 3.05) is 19.0 Å². The second-order valence-electron chi connectivity index (χ2n) is 3.02. The Labute approximate surface area is 108 Å². The van der Waals surface area contributed by atoms with Gasteiger partial charge in [0.2, 0.25) is 5.91 Å². The van der Waals surface area contributed by atoms with Crippen LogP contribution < -0.4 is 10.6 Å². The van der Waals surface area contributed by atoms with Gasteiger partial charge in [-0.1, -0.05) is 23.2 Å². The zero-order valence-corrected chi connectivity index (χ0v) is 10.4. The first kappa shape index (κ1) is 13.6. The standard InChI is InChI=1S/C10H10Cl2N2O3/c1-17-10(16)13-5-9(15)14-6-2-3-7(11)8(12)4-6/h2-4H,5H2,1H3,(H,13,16)(H,14,15). The first-order valence-corrected chi connectivity index (χ1v) is 5.35. The average molecular weight is 277 g/mol. The molecule has 0 saturated carbocycles. The van der Waals surface area contributed by atoms with E-state index in [2.05, 4.69) is 15.4 Å². The Kier molecular flexibility index (Phi) is 5.06. The van der Waals surface area contributed by atoms with E-state index in [1.54, 1.807) is 12.1 Å². The van der Waals surface area contributed by atoms with Crippen LogP contribution in [0.3, 0.4) is 0 Å². The molecule has 0 aliphatic heterocycles. The molecule has 2 amide bonds. The normalized spacial score (nSPS) is 9.59. The van der Waals surface area contributed by atoms with E-state index in [0.29, 0.717) is 15.7 Å². The maximum absolute atomic E-state index is 11.4. The van der Waals surface area contributed by atoms with Gasteiger partial charge in [0.25, 0.3) is 0 Å². The minimum absolute atomic E-state index is 0.188. The monoisotopic (exact) mass is 276 g/mol. The maximum atomic E-state index is 11.4. The van der Waals surface area contributed by atoms with Crippen molar-refractivity contribution in [2.24, 2.45) is 0 Å². The van der Waals surface area contributed by atoms with Crippen molar-refractivity contribution < 1.29 is 14.3 Å². The molecule has 0 radical (unpaired) electrons. The van der Waals surface area contributed by atoms with E-state index in [-0.39, 0.29) is 6.54 Å². The number of rotatable bonds is 3. The van der Waals surface area contributed by atoms with Crippen LogP contribution in [0.5, 0.6) is 0 Å². The van der Waals surface area contributed by atoms with Crippen molar-refractivity contribution in [3.63, 3.8) is 0 Å². The molecule has 92 valence electrons. The molecule has 17 heavy (non-hydrogen) atoms. The molecule has 0 aliphatic rings. The summed E-state index contributed by atoms with van der Waals surface area (Å²) >= 11 is 11.5. The van der Waals surface area contributed by atoms with Gasteiger partial charge in [-0.15, -0.1) is 0 Å². The number of carbonyl (C=O) groups excluding carboxylic acids is 2. The van der Waals surface area contributed by atoms with E-state index in [1.807, 2.05) is 0 Å². The largest absolute Gasteiger partial charge is 0.453 e. The van der Waals surface area contributed by atoms with Crippen molar-refractivity contribution in [3.8, 4) is 0 Å². The van der Waals surface area contributed by atoms with Crippen LogP contribution in [-0.4, -0.2) is 25.7 Å². The third-order valence-corrected chi connectivity index (χ3v) is 2.52. The lowest BCUT2D eigenvalue weighted by molar-refractivity contribution is -0.115. The van der Waals surface area contributed by atoms with Gasteiger partial charge in [-0.2, -0.15) is 0 Å². The van der Waals surface area contributed by atoms with Crippen LogP contribution in [0.25, 0.3) is 0 Å². The molecule has 0 fully saturated rings. The van der Waals surface area contributed by atoms with Crippen LogP contribution in [0, 0.1) is 0 Å². The fourth-order valence-electron chi connectivity index (χ4n) is 1.00. The molecule has 0 aromatic heterocycles. The van der Waals surface area contributed by atoms with Crippen LogP contribution >= 0.6 is 23.2 Å². The smallest absolute Gasteiger partial charge is 0.407 e. The molecule has 0 spiro atoms. The molecule has 0 aliphatic carbocycles. The fraction of sp³-hybridized carbons (Fsp3) is 0.200. The number of anilines is 1. The summed E-state index contributed by atoms with van der Waals surface area (Å²) in [5, 5.41) is 5.52. The molecule has 0 unspecified atom stereocenters. The first-order valence-electron chi connectivity index (χ1n) is 4.59. The van der Waals surface area contributed by atoms with Crippen molar-refractivity contribution >= 4 is 40.9 Å². The van der Waals surface area contributed by atoms with E-state index in [9.17, 15) is 9.59 Å². The topological polar surface area (TPSA) is 67.4 Å². The SMILES string of the molecule is COC(=O)NCC(=O)Nc1ccc(Cl)c(Cl)c1. The van der Waals surface area contributed by atoms with Crippen LogP contribution in [0.4, 0.5) is 10.5 Å². The number of ether oxygens (including phenoxy) is 1. The van der Waals surface area contributed by atoms with Gasteiger partial charge in [-0.05, 0) is 18.2 Å². The molecule has 0 saturated heterocycles. The van der Waals surface area contributed by atoms with Gasteiger partial charge in [0.1, 0.15) is 6.54 Å². The highest BCUT2D eigenvalue weighted by atomic mass is 35.5. The number of halogens is 2. The first-order chi connectivity index (χ1) is 8.02. The van der Waals surface area contributed by atoms with Crippen molar-refractivity contribution in [2.45, 2.75) is 0 Å². The Morgan fingerprint density at radius 2 is 2.00 bits per heavy atom. The molecule has 0 atom stereocenters. The molecule has 5 nitrogen and oxygen atoms in total. The molecule has 7 heteroatoms. The lowest BCUT2D eigenvalue weighted by Crippen LogP contribution is -2.32. The summed E-state index contributed by atoms with van der Waals surface area (Å²) in [5.41, 5.74) is 0.496. The zero-order chi connectivity index (χ0) is 12.8. The Morgan fingerprint density at radius 3 is 2.59 bits per heavy atom. The number of hydrogen-bond acceptors (Lipinski definition) is 3. The van der Waals surface area contributed by atoms with Crippen molar-refractivity contribution in [1.82, 2.24) is 5.32 Å². The molecule has 0 bridgehead atoms. The van der Waals surface area contributed by atoms with Crippen LogP contribution in [-0.2, 0) is 9.53 Å². The van der Waals surface area contributed by atoms with E-state index >= 15 is 0 Å². The third-order valence-electron chi connectivity index (χ3n) is 1.78. The van der Waals surface area contributed by atoms with Gasteiger partial charge in [-0.3, -0.25) is 4.79 Å². The summed E-state index contributed by atoms with van der Waals surface area (Å²) in [5.74, 6) is -0.395. The van der Waals surface area contributed by atoms with Crippen LogP contribution in [0.15, 0.2) is 18.2 Å². The van der Waals surface area contributed by atoms with Gasteiger partial charge in [-0.25, -0.2) is 4.79 Å². The van der Waals surface area contributed by atoms with Crippen molar-refractivity contribution in [1.29, 1.82) is 0 Å². The van der Waals surface area contributed by atoms with E-state index in [0.717, 1.165) is 0 Å². The van der Waals surface area contributed by atoms with Crippen molar-refractivity contribution in [3.05, 3.63) is 28.2 Å². The van der Waals surface area contributed by atoms with Gasteiger partial charge < -0.3 is 15.4 Å². The Bertz CT molecular complexity index is 438. The summed E-state index contributed by atoms with van der Waals surface area (Å²) in [6.07, 6.45) is -0.672. The summed E-state index contributed by atoms with van der Waals surface area (Å²) in [4.78, 5) is 22.1. The van der Waals surface area contributed by atoms with Crippen LogP contribution in [0.2, 0.25) is 10.0 Å². The molecule has 0 heterocycles. The predicted octanol–water partition coefficient (Wildman–Crippen LogP) is 2.29. The van der Waals surface area contributed by atoms with E-state index in [1.165, 1.54) is 13.2 Å². The van der Waals surface area contributed by atoms with Gasteiger partial charge in [0.15, 0.2) is 0 Å². The molecule has 2 N–H and O–H groups in total. The highest BCUT2D eigenvalue weighted by Crippen LogP contribution is 2.24. The maximum Gasteiger partial charge on any atom is 0.407 e. The second-order valence-corrected chi connectivity index (χ2v) is 3.84. The van der Waals surface area contributed by atoms with E-state index in [4.69, 9.17) is 23.2 Å². The quantitative estimate of drug-likeness (QED) is 0.890. The highest BCUT2D eigenvalue weighted by Gasteiger charge is 2.06.